The first-order valence-corrected chi connectivity index (χ1v) is 7.31. The van der Waals surface area contributed by atoms with E-state index in [1.165, 1.54) is 12.0 Å². The van der Waals surface area contributed by atoms with Crippen LogP contribution >= 0.6 is 0 Å². The molecule has 1 fully saturated rings. The number of rotatable bonds is 2. The molecule has 21 heavy (non-hydrogen) atoms. The Morgan fingerprint density at radius 2 is 1.86 bits per heavy atom. The molecule has 0 radical (unpaired) electrons. The van der Waals surface area contributed by atoms with E-state index >= 15 is 0 Å². The first-order chi connectivity index (χ1) is 10.4. The van der Waals surface area contributed by atoms with Crippen molar-refractivity contribution in [2.24, 2.45) is 0 Å². The number of benzene rings is 1. The molecule has 1 aliphatic rings. The monoisotopic (exact) mass is 276 g/mol. The van der Waals surface area contributed by atoms with E-state index in [9.17, 15) is 0 Å². The van der Waals surface area contributed by atoms with E-state index in [1.54, 1.807) is 12.5 Å². The molecule has 1 unspecified atom stereocenters. The van der Waals surface area contributed by atoms with Gasteiger partial charge in [0.15, 0.2) is 5.65 Å². The third-order valence-electron chi connectivity index (χ3n) is 4.10. The van der Waals surface area contributed by atoms with Crippen LogP contribution in [0.2, 0.25) is 0 Å². The van der Waals surface area contributed by atoms with Crippen molar-refractivity contribution < 1.29 is 0 Å². The van der Waals surface area contributed by atoms with E-state index in [-0.39, 0.29) is 0 Å². The molecule has 4 heteroatoms. The molecule has 3 heterocycles. The van der Waals surface area contributed by atoms with Crippen LogP contribution in [0.1, 0.15) is 24.4 Å². The molecule has 4 nitrogen and oxygen atoms in total. The van der Waals surface area contributed by atoms with Gasteiger partial charge in [-0.25, -0.2) is 15.0 Å². The number of anilines is 1. The third-order valence-corrected chi connectivity index (χ3v) is 4.10. The molecule has 4 rings (SSSR count). The molecule has 0 aliphatic carbocycles. The molecule has 0 spiro atoms. The zero-order chi connectivity index (χ0) is 14.1. The van der Waals surface area contributed by atoms with Gasteiger partial charge in [0.2, 0.25) is 0 Å². The first kappa shape index (κ1) is 12.3. The summed E-state index contributed by atoms with van der Waals surface area (Å²) in [5, 5.41) is 1.03. The number of nitrogens with zero attached hydrogens (tertiary/aromatic N) is 4. The second-order valence-electron chi connectivity index (χ2n) is 5.33. The number of pyridine rings is 1. The Bertz CT molecular complexity index is 752. The van der Waals surface area contributed by atoms with Crippen molar-refractivity contribution in [2.75, 3.05) is 11.4 Å². The van der Waals surface area contributed by atoms with Crippen LogP contribution < -0.4 is 4.90 Å². The Hall–Kier alpha value is -2.49. The highest BCUT2D eigenvalue weighted by atomic mass is 15.2. The van der Waals surface area contributed by atoms with Gasteiger partial charge in [0.1, 0.15) is 12.1 Å². The second kappa shape index (κ2) is 5.13. The van der Waals surface area contributed by atoms with Crippen LogP contribution in [0.25, 0.3) is 11.0 Å². The summed E-state index contributed by atoms with van der Waals surface area (Å²) < 4.78 is 0. The lowest BCUT2D eigenvalue weighted by molar-refractivity contribution is 0.713. The standard InChI is InChI=1S/C17H16N4/c1-2-6-13(7-3-1)15-9-5-11-21(15)17-14-8-4-10-18-16(14)19-12-20-17/h1-4,6-8,10,12,15H,5,9,11H2. The quantitative estimate of drug-likeness (QED) is 0.719. The fraction of sp³-hybridized carbons (Fsp3) is 0.235. The molecule has 104 valence electrons. The van der Waals surface area contributed by atoms with Crippen LogP contribution in [0.4, 0.5) is 5.82 Å². The van der Waals surface area contributed by atoms with Crippen molar-refractivity contribution in [1.29, 1.82) is 0 Å². The fourth-order valence-corrected chi connectivity index (χ4v) is 3.15. The first-order valence-electron chi connectivity index (χ1n) is 7.31. The minimum absolute atomic E-state index is 0.393. The van der Waals surface area contributed by atoms with Crippen molar-refractivity contribution in [1.82, 2.24) is 15.0 Å². The Balaban J connectivity index is 1.81. The largest absolute Gasteiger partial charge is 0.349 e. The van der Waals surface area contributed by atoms with Gasteiger partial charge in [-0.15, -0.1) is 0 Å². The van der Waals surface area contributed by atoms with Crippen molar-refractivity contribution >= 4 is 16.9 Å². The minimum atomic E-state index is 0.393. The maximum absolute atomic E-state index is 4.54. The zero-order valence-corrected chi connectivity index (χ0v) is 11.7. The van der Waals surface area contributed by atoms with Crippen molar-refractivity contribution in [3.05, 3.63) is 60.6 Å². The lowest BCUT2D eigenvalue weighted by Gasteiger charge is -2.26. The van der Waals surface area contributed by atoms with Crippen LogP contribution in [-0.2, 0) is 0 Å². The summed E-state index contributed by atoms with van der Waals surface area (Å²) in [7, 11) is 0. The fourth-order valence-electron chi connectivity index (χ4n) is 3.15. The Kier molecular flexibility index (Phi) is 2.99. The number of hydrogen-bond donors (Lipinski definition) is 0. The van der Waals surface area contributed by atoms with Gasteiger partial charge in [0, 0.05) is 12.7 Å². The van der Waals surface area contributed by atoms with Gasteiger partial charge in [-0.1, -0.05) is 30.3 Å². The maximum Gasteiger partial charge on any atom is 0.164 e. The summed E-state index contributed by atoms with van der Waals surface area (Å²) in [5.41, 5.74) is 2.12. The number of hydrogen-bond acceptors (Lipinski definition) is 4. The van der Waals surface area contributed by atoms with Crippen molar-refractivity contribution in [2.45, 2.75) is 18.9 Å². The molecule has 0 saturated carbocycles. The molecule has 3 aromatic rings. The van der Waals surface area contributed by atoms with Gasteiger partial charge < -0.3 is 4.90 Å². The van der Waals surface area contributed by atoms with Crippen LogP contribution in [0.3, 0.4) is 0 Å². The number of aromatic nitrogens is 3. The van der Waals surface area contributed by atoms with Gasteiger partial charge in [-0.3, -0.25) is 0 Å². The topological polar surface area (TPSA) is 41.9 Å². The summed E-state index contributed by atoms with van der Waals surface area (Å²) in [6.07, 6.45) is 5.74. The summed E-state index contributed by atoms with van der Waals surface area (Å²) in [5.74, 6) is 0.999. The predicted octanol–water partition coefficient (Wildman–Crippen LogP) is 3.37. The molecule has 1 saturated heterocycles. The normalized spacial score (nSPS) is 18.3. The van der Waals surface area contributed by atoms with Crippen molar-refractivity contribution in [3.63, 3.8) is 0 Å². The highest BCUT2D eigenvalue weighted by molar-refractivity contribution is 5.86. The van der Waals surface area contributed by atoms with E-state index in [0.717, 1.165) is 29.8 Å². The summed E-state index contributed by atoms with van der Waals surface area (Å²) in [6, 6.07) is 15.1. The lowest BCUT2D eigenvalue weighted by Crippen LogP contribution is -2.24. The third kappa shape index (κ3) is 2.13. The highest BCUT2D eigenvalue weighted by Crippen LogP contribution is 2.37. The number of fused-ring (bicyclic) bond motifs is 1. The molecule has 1 aromatic carbocycles. The Morgan fingerprint density at radius 1 is 0.952 bits per heavy atom. The summed E-state index contributed by atoms with van der Waals surface area (Å²) in [6.45, 7) is 1.03. The van der Waals surface area contributed by atoms with E-state index < -0.39 is 0 Å². The van der Waals surface area contributed by atoms with Gasteiger partial charge in [-0.2, -0.15) is 0 Å². The maximum atomic E-state index is 4.54. The SMILES string of the molecule is c1ccc(C2CCCN2c2ncnc3ncccc23)cc1. The molecular formula is C17H16N4. The second-order valence-corrected chi connectivity index (χ2v) is 5.33. The van der Waals surface area contributed by atoms with Gasteiger partial charge in [0.25, 0.3) is 0 Å². The molecule has 1 atom stereocenters. The highest BCUT2D eigenvalue weighted by Gasteiger charge is 2.28. The Morgan fingerprint density at radius 3 is 2.76 bits per heavy atom. The Labute approximate surface area is 123 Å². The van der Waals surface area contributed by atoms with E-state index in [2.05, 4.69) is 56.3 Å². The van der Waals surface area contributed by atoms with E-state index in [1.807, 2.05) is 6.07 Å². The summed E-state index contributed by atoms with van der Waals surface area (Å²) in [4.78, 5) is 15.5. The molecule has 0 N–H and O–H groups in total. The zero-order valence-electron chi connectivity index (χ0n) is 11.7. The summed E-state index contributed by atoms with van der Waals surface area (Å²) >= 11 is 0. The van der Waals surface area contributed by atoms with Crippen LogP contribution in [0.15, 0.2) is 55.0 Å². The molecule has 2 aromatic heterocycles. The molecule has 0 bridgehead atoms. The van der Waals surface area contributed by atoms with Crippen LogP contribution in [-0.4, -0.2) is 21.5 Å². The average Bonchev–Trinajstić information content (AvgIpc) is 3.04. The van der Waals surface area contributed by atoms with Gasteiger partial charge in [0.05, 0.1) is 11.4 Å². The molecule has 1 aliphatic heterocycles. The van der Waals surface area contributed by atoms with Gasteiger partial charge >= 0.3 is 0 Å². The van der Waals surface area contributed by atoms with Crippen LogP contribution in [0.5, 0.6) is 0 Å². The van der Waals surface area contributed by atoms with E-state index in [0.29, 0.717) is 6.04 Å². The van der Waals surface area contributed by atoms with Crippen LogP contribution in [0, 0.1) is 0 Å². The van der Waals surface area contributed by atoms with E-state index in [4.69, 9.17) is 0 Å². The smallest absolute Gasteiger partial charge is 0.164 e. The molecular weight excluding hydrogens is 260 g/mol. The van der Waals surface area contributed by atoms with Gasteiger partial charge in [-0.05, 0) is 30.5 Å². The average molecular weight is 276 g/mol. The molecule has 0 amide bonds. The predicted molar refractivity (Wildman–Crippen MR) is 83.1 cm³/mol. The lowest BCUT2D eigenvalue weighted by atomic mass is 10.0. The van der Waals surface area contributed by atoms with Crippen molar-refractivity contribution in [3.8, 4) is 0 Å². The minimum Gasteiger partial charge on any atom is -0.349 e.